The molecule has 0 saturated heterocycles. The predicted octanol–water partition coefficient (Wildman–Crippen LogP) is 2.36. The van der Waals surface area contributed by atoms with Crippen molar-refractivity contribution in [2.45, 2.75) is 79.0 Å². The largest absolute Gasteiger partial charge is 0.462 e. The molecule has 0 saturated carbocycles. The van der Waals surface area contributed by atoms with Crippen LogP contribution in [0.2, 0.25) is 0 Å². The van der Waals surface area contributed by atoms with Crippen LogP contribution in [0.5, 0.6) is 0 Å². The Bertz CT molecular complexity index is 412. The SMILES string of the molecule is CC(C)(C)OC=O.CCCC(NC(=O)C(C)/C=C/[C@H](C)N)C(C)=O. The average Bonchev–Trinajstić information content (AvgIpc) is 2.43. The molecule has 0 spiro atoms. The normalized spacial score (nSPS) is 14.8. The highest BCUT2D eigenvalue weighted by Gasteiger charge is 2.18. The van der Waals surface area contributed by atoms with Crippen molar-refractivity contribution in [1.29, 1.82) is 0 Å². The summed E-state index contributed by atoms with van der Waals surface area (Å²) in [7, 11) is 0. The van der Waals surface area contributed by atoms with Gasteiger partial charge >= 0.3 is 0 Å². The molecule has 3 atom stereocenters. The number of hydrogen-bond acceptors (Lipinski definition) is 5. The van der Waals surface area contributed by atoms with E-state index in [-0.39, 0.29) is 35.3 Å². The van der Waals surface area contributed by atoms with E-state index < -0.39 is 0 Å². The van der Waals surface area contributed by atoms with E-state index >= 15 is 0 Å². The lowest BCUT2D eigenvalue weighted by Gasteiger charge is -2.17. The van der Waals surface area contributed by atoms with Crippen LogP contribution in [0.3, 0.4) is 0 Å². The summed E-state index contributed by atoms with van der Waals surface area (Å²) >= 11 is 0. The summed E-state index contributed by atoms with van der Waals surface area (Å²) < 4.78 is 4.55. The van der Waals surface area contributed by atoms with Gasteiger partial charge in [0.1, 0.15) is 5.60 Å². The monoisotopic (exact) mass is 342 g/mol. The molecule has 0 aliphatic heterocycles. The number of carbonyl (C=O) groups excluding carboxylic acids is 3. The Morgan fingerprint density at radius 2 is 1.75 bits per heavy atom. The molecule has 0 aromatic heterocycles. The molecule has 1 amide bonds. The van der Waals surface area contributed by atoms with Crippen LogP contribution in [0, 0.1) is 5.92 Å². The number of rotatable bonds is 8. The molecule has 6 heteroatoms. The van der Waals surface area contributed by atoms with Crippen molar-refractivity contribution < 1.29 is 19.1 Å². The van der Waals surface area contributed by atoms with E-state index in [0.29, 0.717) is 12.9 Å². The molecule has 0 aromatic rings. The molecule has 140 valence electrons. The van der Waals surface area contributed by atoms with E-state index in [1.165, 1.54) is 6.92 Å². The van der Waals surface area contributed by atoms with Gasteiger partial charge in [-0.1, -0.05) is 32.4 Å². The van der Waals surface area contributed by atoms with Crippen LogP contribution in [0.1, 0.15) is 61.3 Å². The number of carbonyl (C=O) groups is 3. The lowest BCUT2D eigenvalue weighted by Crippen LogP contribution is -2.41. The average molecular weight is 342 g/mol. The molecule has 0 rings (SSSR count). The standard InChI is InChI=1S/C13H24N2O2.C5H10O2/c1-5-6-12(11(4)16)15-13(17)9(2)7-8-10(3)14;1-5(2,3)7-4-6/h7-10,12H,5-6,14H2,1-4H3,(H,15,17);4H,1-3H3/b8-7+;/t9?,10-,12?;/m0./s1. The predicted molar refractivity (Wildman–Crippen MR) is 96.4 cm³/mol. The number of amides is 1. The molecule has 0 aliphatic carbocycles. The number of ether oxygens (including phenoxy) is 1. The molecule has 0 aromatic carbocycles. The Hall–Kier alpha value is -1.69. The van der Waals surface area contributed by atoms with Gasteiger partial charge in [-0.3, -0.25) is 14.4 Å². The van der Waals surface area contributed by atoms with E-state index in [1.807, 2.05) is 34.6 Å². The number of nitrogens with two attached hydrogens (primary N) is 1. The van der Waals surface area contributed by atoms with Crippen LogP contribution in [0.4, 0.5) is 0 Å². The summed E-state index contributed by atoms with van der Waals surface area (Å²) in [5.41, 5.74) is 5.25. The highest BCUT2D eigenvalue weighted by atomic mass is 16.5. The molecule has 24 heavy (non-hydrogen) atoms. The Labute approximate surface area is 146 Å². The summed E-state index contributed by atoms with van der Waals surface area (Å²) in [6.45, 7) is 13.0. The molecule has 0 radical (unpaired) electrons. The van der Waals surface area contributed by atoms with Gasteiger partial charge in [0.15, 0.2) is 5.78 Å². The first-order chi connectivity index (χ1) is 10.9. The zero-order valence-electron chi connectivity index (χ0n) is 16.1. The highest BCUT2D eigenvalue weighted by molar-refractivity contribution is 5.88. The van der Waals surface area contributed by atoms with Crippen LogP contribution in [0.15, 0.2) is 12.2 Å². The third-order valence-corrected chi connectivity index (χ3v) is 2.90. The highest BCUT2D eigenvalue weighted by Crippen LogP contribution is 2.03. The van der Waals surface area contributed by atoms with Gasteiger partial charge in [0.25, 0.3) is 6.47 Å². The summed E-state index contributed by atoms with van der Waals surface area (Å²) in [6.07, 6.45) is 5.11. The Morgan fingerprint density at radius 1 is 1.21 bits per heavy atom. The molecule has 6 nitrogen and oxygen atoms in total. The van der Waals surface area contributed by atoms with E-state index in [0.717, 1.165) is 6.42 Å². The van der Waals surface area contributed by atoms with Gasteiger partial charge in [-0.15, -0.1) is 0 Å². The van der Waals surface area contributed by atoms with E-state index in [4.69, 9.17) is 5.73 Å². The number of Topliss-reactive ketones (excluding diaryl/α,β-unsaturated/α-hetero) is 1. The van der Waals surface area contributed by atoms with Crippen molar-refractivity contribution in [1.82, 2.24) is 5.32 Å². The van der Waals surface area contributed by atoms with Crippen molar-refractivity contribution >= 4 is 18.2 Å². The van der Waals surface area contributed by atoms with Crippen LogP contribution in [-0.2, 0) is 19.1 Å². The minimum Gasteiger partial charge on any atom is -0.462 e. The van der Waals surface area contributed by atoms with Gasteiger partial charge in [-0.2, -0.15) is 0 Å². The van der Waals surface area contributed by atoms with Gasteiger partial charge in [-0.25, -0.2) is 0 Å². The first kappa shape index (κ1) is 24.6. The number of hydrogen-bond donors (Lipinski definition) is 2. The maximum Gasteiger partial charge on any atom is 0.293 e. The number of nitrogens with one attached hydrogen (secondary N) is 1. The molecule has 0 bridgehead atoms. The van der Waals surface area contributed by atoms with Crippen molar-refractivity contribution in [3.63, 3.8) is 0 Å². The van der Waals surface area contributed by atoms with Crippen LogP contribution < -0.4 is 11.1 Å². The fraction of sp³-hybridized carbons (Fsp3) is 0.722. The summed E-state index contributed by atoms with van der Waals surface area (Å²) in [5.74, 6) is -0.390. The van der Waals surface area contributed by atoms with Crippen LogP contribution >= 0.6 is 0 Å². The number of ketones is 1. The fourth-order valence-corrected chi connectivity index (χ4v) is 1.54. The molecule has 0 aliphatic rings. The maximum atomic E-state index is 11.8. The molecule has 3 N–H and O–H groups in total. The Balaban J connectivity index is 0. The van der Waals surface area contributed by atoms with E-state index in [1.54, 1.807) is 19.1 Å². The van der Waals surface area contributed by atoms with Gasteiger partial charge in [0, 0.05) is 6.04 Å². The second-order valence-corrected chi connectivity index (χ2v) is 6.82. The minimum absolute atomic E-state index is 0.00331. The molecular weight excluding hydrogens is 308 g/mol. The smallest absolute Gasteiger partial charge is 0.293 e. The van der Waals surface area contributed by atoms with Crippen LogP contribution in [0.25, 0.3) is 0 Å². The molecule has 2 unspecified atom stereocenters. The van der Waals surface area contributed by atoms with E-state index in [9.17, 15) is 14.4 Å². The van der Waals surface area contributed by atoms with Crippen LogP contribution in [-0.4, -0.2) is 35.8 Å². The van der Waals surface area contributed by atoms with Gasteiger partial charge in [0.2, 0.25) is 5.91 Å². The summed E-state index contributed by atoms with van der Waals surface area (Å²) in [6, 6.07) is -0.428. The zero-order valence-corrected chi connectivity index (χ0v) is 16.1. The molecular formula is C18H34N2O4. The van der Waals surface area contributed by atoms with Gasteiger partial charge < -0.3 is 15.8 Å². The molecule has 0 heterocycles. The molecule has 0 fully saturated rings. The third-order valence-electron chi connectivity index (χ3n) is 2.90. The fourth-order valence-electron chi connectivity index (χ4n) is 1.54. The van der Waals surface area contributed by atoms with Crippen molar-refractivity contribution in [2.24, 2.45) is 11.7 Å². The van der Waals surface area contributed by atoms with E-state index in [2.05, 4.69) is 10.1 Å². The van der Waals surface area contributed by atoms with Crippen molar-refractivity contribution in [2.75, 3.05) is 0 Å². The zero-order chi connectivity index (χ0) is 19.3. The van der Waals surface area contributed by atoms with Gasteiger partial charge in [0.05, 0.1) is 12.0 Å². The lowest BCUT2D eigenvalue weighted by atomic mass is 10.1. The first-order valence-electron chi connectivity index (χ1n) is 8.30. The quantitative estimate of drug-likeness (QED) is 0.521. The van der Waals surface area contributed by atoms with Crippen molar-refractivity contribution in [3.05, 3.63) is 12.2 Å². The second kappa shape index (κ2) is 12.7. The topological polar surface area (TPSA) is 98.5 Å². The Kier molecular flexibility index (Phi) is 13.0. The first-order valence-corrected chi connectivity index (χ1v) is 8.30. The summed E-state index contributed by atoms with van der Waals surface area (Å²) in [4.78, 5) is 32.7. The minimum atomic E-state index is -0.362. The Morgan fingerprint density at radius 3 is 2.04 bits per heavy atom. The van der Waals surface area contributed by atoms with Crippen molar-refractivity contribution in [3.8, 4) is 0 Å². The summed E-state index contributed by atoms with van der Waals surface area (Å²) in [5, 5.41) is 2.76. The second-order valence-electron chi connectivity index (χ2n) is 6.82. The third kappa shape index (κ3) is 15.2. The maximum absolute atomic E-state index is 11.8. The lowest BCUT2D eigenvalue weighted by molar-refractivity contribution is -0.138. The van der Waals surface area contributed by atoms with Gasteiger partial charge in [-0.05, 0) is 41.0 Å².